The zero-order chi connectivity index (χ0) is 21.1. The maximum absolute atomic E-state index is 13.5. The minimum absolute atomic E-state index is 0.0839. The highest BCUT2D eigenvalue weighted by atomic mass is 19.1. The largest absolute Gasteiger partial charge is 0.325 e. The minimum Gasteiger partial charge on any atom is -0.325 e. The van der Waals surface area contributed by atoms with Gasteiger partial charge in [0, 0.05) is 22.5 Å². The number of hydrogen-bond donors (Lipinski definition) is 2. The molecule has 2 amide bonds. The summed E-state index contributed by atoms with van der Waals surface area (Å²) in [7, 11) is 0. The predicted molar refractivity (Wildman–Crippen MR) is 113 cm³/mol. The Labute approximate surface area is 173 Å². The van der Waals surface area contributed by atoms with E-state index in [-0.39, 0.29) is 17.3 Å². The van der Waals surface area contributed by atoms with Gasteiger partial charge in [0.1, 0.15) is 5.82 Å². The molecule has 6 nitrogen and oxygen atoms in total. The van der Waals surface area contributed by atoms with Gasteiger partial charge in [-0.15, -0.1) is 0 Å². The first-order valence-electron chi connectivity index (χ1n) is 9.99. The number of hydrogen-bond acceptors (Lipinski definition) is 4. The molecule has 0 bridgehead atoms. The number of halogens is 1. The molecule has 2 N–H and O–H groups in total. The third-order valence-corrected chi connectivity index (χ3v) is 5.31. The lowest BCUT2D eigenvalue weighted by molar-refractivity contribution is -0.117. The van der Waals surface area contributed by atoms with Crippen molar-refractivity contribution in [3.63, 3.8) is 0 Å². The van der Waals surface area contributed by atoms with Crippen molar-refractivity contribution in [3.05, 3.63) is 65.5 Å². The number of likely N-dealkylation sites (tertiary alicyclic amines) is 1. The summed E-state index contributed by atoms with van der Waals surface area (Å²) in [5.41, 5.74) is 1.96. The van der Waals surface area contributed by atoms with Crippen molar-refractivity contribution in [1.82, 2.24) is 4.90 Å². The van der Waals surface area contributed by atoms with Gasteiger partial charge in [0.2, 0.25) is 5.91 Å². The molecule has 0 aromatic heterocycles. The quantitative estimate of drug-likeness (QED) is 0.588. The normalized spacial score (nSPS) is 17.5. The van der Waals surface area contributed by atoms with Gasteiger partial charge < -0.3 is 10.6 Å². The number of allylic oxidation sites excluding steroid dienone is 1. The van der Waals surface area contributed by atoms with Crippen LogP contribution in [0.25, 0.3) is 5.57 Å². The van der Waals surface area contributed by atoms with Gasteiger partial charge in [-0.3, -0.25) is 19.3 Å². The number of piperidine rings is 1. The average Bonchev–Trinajstić information content (AvgIpc) is 3.04. The molecule has 2 aliphatic rings. The Hall–Kier alpha value is -3.32. The number of carbonyl (C=O) groups excluding carboxylic acids is 3. The number of anilines is 2. The Morgan fingerprint density at radius 3 is 2.53 bits per heavy atom. The fourth-order valence-corrected chi connectivity index (χ4v) is 3.76. The molecule has 0 saturated carbocycles. The van der Waals surface area contributed by atoms with E-state index in [1.54, 1.807) is 24.3 Å². The molecule has 0 spiro atoms. The SMILES string of the molecule is O=C(CN1CCCCC1)Nc1ccc(C(=O)/C=C2\C(=O)Nc3ccc(F)cc32)cc1. The molecule has 0 unspecified atom stereocenters. The number of nitrogens with zero attached hydrogens (tertiary/aromatic N) is 1. The molecule has 4 rings (SSSR count). The van der Waals surface area contributed by atoms with Crippen molar-refractivity contribution in [2.24, 2.45) is 0 Å². The number of nitrogens with one attached hydrogen (secondary N) is 2. The molecular weight excluding hydrogens is 385 g/mol. The Bertz CT molecular complexity index is 1020. The van der Waals surface area contributed by atoms with Crippen LogP contribution in [0.5, 0.6) is 0 Å². The highest BCUT2D eigenvalue weighted by Gasteiger charge is 2.25. The predicted octanol–water partition coefficient (Wildman–Crippen LogP) is 3.47. The van der Waals surface area contributed by atoms with Crippen LogP contribution in [0.3, 0.4) is 0 Å². The molecule has 154 valence electrons. The van der Waals surface area contributed by atoms with E-state index in [0.29, 0.717) is 29.0 Å². The second kappa shape index (κ2) is 8.59. The van der Waals surface area contributed by atoms with Crippen LogP contribution in [0.1, 0.15) is 35.2 Å². The van der Waals surface area contributed by atoms with Gasteiger partial charge in [-0.25, -0.2) is 4.39 Å². The Kier molecular flexibility index (Phi) is 5.72. The maximum atomic E-state index is 13.5. The van der Waals surface area contributed by atoms with Crippen molar-refractivity contribution in [3.8, 4) is 0 Å². The lowest BCUT2D eigenvalue weighted by Gasteiger charge is -2.25. The molecule has 2 aliphatic heterocycles. The molecule has 0 aliphatic carbocycles. The van der Waals surface area contributed by atoms with Crippen molar-refractivity contribution in [2.45, 2.75) is 19.3 Å². The summed E-state index contributed by atoms with van der Waals surface area (Å²) in [6, 6.07) is 10.4. The van der Waals surface area contributed by atoms with Crippen LogP contribution in [0.2, 0.25) is 0 Å². The van der Waals surface area contributed by atoms with E-state index in [1.165, 1.54) is 30.7 Å². The van der Waals surface area contributed by atoms with Crippen molar-refractivity contribution >= 4 is 34.5 Å². The Morgan fingerprint density at radius 2 is 1.80 bits per heavy atom. The first-order chi connectivity index (χ1) is 14.5. The third-order valence-electron chi connectivity index (χ3n) is 5.31. The summed E-state index contributed by atoms with van der Waals surface area (Å²) in [5.74, 6) is -1.37. The fraction of sp³-hybridized carbons (Fsp3) is 0.261. The van der Waals surface area contributed by atoms with Crippen molar-refractivity contribution < 1.29 is 18.8 Å². The molecule has 1 saturated heterocycles. The molecular formula is C23H22FN3O3. The minimum atomic E-state index is -0.478. The lowest BCUT2D eigenvalue weighted by Crippen LogP contribution is -2.36. The van der Waals surface area contributed by atoms with Gasteiger partial charge in [-0.1, -0.05) is 6.42 Å². The van der Waals surface area contributed by atoms with Crippen LogP contribution in [-0.2, 0) is 9.59 Å². The van der Waals surface area contributed by atoms with Crippen LogP contribution < -0.4 is 10.6 Å². The van der Waals surface area contributed by atoms with E-state index in [1.807, 2.05) is 0 Å². The lowest BCUT2D eigenvalue weighted by atomic mass is 10.0. The zero-order valence-electron chi connectivity index (χ0n) is 16.4. The summed E-state index contributed by atoms with van der Waals surface area (Å²) in [6.07, 6.45) is 4.67. The zero-order valence-corrected chi connectivity index (χ0v) is 16.4. The van der Waals surface area contributed by atoms with Crippen molar-refractivity contribution in [2.75, 3.05) is 30.3 Å². The van der Waals surface area contributed by atoms with Crippen LogP contribution >= 0.6 is 0 Å². The first kappa shape index (κ1) is 20.0. The maximum Gasteiger partial charge on any atom is 0.256 e. The second-order valence-electron chi connectivity index (χ2n) is 7.53. The van der Waals surface area contributed by atoms with Crippen molar-refractivity contribution in [1.29, 1.82) is 0 Å². The second-order valence-corrected chi connectivity index (χ2v) is 7.53. The van der Waals surface area contributed by atoms with Gasteiger partial charge in [0.25, 0.3) is 5.91 Å². The topological polar surface area (TPSA) is 78.5 Å². The molecule has 0 atom stereocenters. The number of benzene rings is 2. The van der Waals surface area contributed by atoms with Crippen LogP contribution in [0.15, 0.2) is 48.5 Å². The smallest absolute Gasteiger partial charge is 0.256 e. The first-order valence-corrected chi connectivity index (χ1v) is 9.99. The highest BCUT2D eigenvalue weighted by Crippen LogP contribution is 2.32. The molecule has 0 radical (unpaired) electrons. The van der Waals surface area contributed by atoms with Gasteiger partial charge in [-0.05, 0) is 74.5 Å². The molecule has 2 aromatic rings. The molecule has 1 fully saturated rings. The summed E-state index contributed by atoms with van der Waals surface area (Å²) in [5, 5.41) is 5.46. The molecule has 30 heavy (non-hydrogen) atoms. The number of rotatable bonds is 5. The van der Waals surface area contributed by atoms with E-state index in [9.17, 15) is 18.8 Å². The van der Waals surface area contributed by atoms with Gasteiger partial charge in [0.05, 0.1) is 12.1 Å². The summed E-state index contributed by atoms with van der Waals surface area (Å²) in [4.78, 5) is 39.1. The van der Waals surface area contributed by atoms with Crippen LogP contribution in [-0.4, -0.2) is 42.1 Å². The monoisotopic (exact) mass is 407 g/mol. The van der Waals surface area contributed by atoms with E-state index in [4.69, 9.17) is 0 Å². The van der Waals surface area contributed by atoms with Gasteiger partial charge >= 0.3 is 0 Å². The van der Waals surface area contributed by atoms with E-state index >= 15 is 0 Å². The average molecular weight is 407 g/mol. The standard InChI is InChI=1S/C23H22FN3O3/c24-16-6-9-20-18(12-16)19(23(30)26-20)13-21(28)15-4-7-17(8-5-15)25-22(29)14-27-10-2-1-3-11-27/h4-9,12-13H,1-3,10-11,14H2,(H,25,29)(H,26,30)/b19-13-. The highest BCUT2D eigenvalue weighted by molar-refractivity contribution is 6.35. The Morgan fingerprint density at radius 1 is 1.07 bits per heavy atom. The molecule has 2 aromatic carbocycles. The number of fused-ring (bicyclic) bond motifs is 1. The third kappa shape index (κ3) is 4.46. The number of carbonyl (C=O) groups is 3. The van der Waals surface area contributed by atoms with E-state index < -0.39 is 11.7 Å². The Balaban J connectivity index is 1.42. The van der Waals surface area contributed by atoms with Gasteiger partial charge in [0.15, 0.2) is 5.78 Å². The van der Waals surface area contributed by atoms with E-state index in [2.05, 4.69) is 15.5 Å². The summed E-state index contributed by atoms with van der Waals surface area (Å²) >= 11 is 0. The number of ketones is 1. The molecule has 7 heteroatoms. The fourth-order valence-electron chi connectivity index (χ4n) is 3.76. The summed E-state index contributed by atoms with van der Waals surface area (Å²) < 4.78 is 13.5. The number of amides is 2. The summed E-state index contributed by atoms with van der Waals surface area (Å²) in [6.45, 7) is 2.24. The van der Waals surface area contributed by atoms with E-state index in [0.717, 1.165) is 25.9 Å². The molecule has 2 heterocycles. The van der Waals surface area contributed by atoms with Gasteiger partial charge in [-0.2, -0.15) is 0 Å². The van der Waals surface area contributed by atoms with Crippen LogP contribution in [0, 0.1) is 5.82 Å². The van der Waals surface area contributed by atoms with Crippen LogP contribution in [0.4, 0.5) is 15.8 Å².